The second-order valence-electron chi connectivity index (χ2n) is 5.62. The minimum atomic E-state index is -0.567. The highest BCUT2D eigenvalue weighted by Gasteiger charge is 2.32. The van der Waals surface area contributed by atoms with E-state index < -0.39 is 23.7 Å². The van der Waals surface area contributed by atoms with Crippen LogP contribution in [0.15, 0.2) is 0 Å². The van der Waals surface area contributed by atoms with Crippen molar-refractivity contribution in [2.24, 2.45) is 0 Å². The molecule has 1 heterocycles. The fraction of sp³-hybridized carbons (Fsp3) is 0.769. The molecule has 112 valence electrons. The quantitative estimate of drug-likeness (QED) is 0.690. The van der Waals surface area contributed by atoms with Gasteiger partial charge < -0.3 is 14.4 Å². The highest BCUT2D eigenvalue weighted by atomic mass is 16.6. The van der Waals surface area contributed by atoms with Gasteiger partial charge in [-0.2, -0.15) is 5.26 Å². The van der Waals surface area contributed by atoms with E-state index in [4.69, 9.17) is 10.00 Å². The minimum absolute atomic E-state index is 0.0525. The van der Waals surface area contributed by atoms with Crippen LogP contribution in [0.3, 0.4) is 0 Å². The molecule has 0 aromatic carbocycles. The summed E-state index contributed by atoms with van der Waals surface area (Å²) in [6.45, 7) is 6.51. The van der Waals surface area contributed by atoms with Crippen LogP contribution in [-0.4, -0.2) is 66.8 Å². The van der Waals surface area contributed by atoms with Crippen molar-refractivity contribution >= 4 is 12.1 Å². The number of ether oxygens (including phenoxy) is 2. The van der Waals surface area contributed by atoms with Gasteiger partial charge in [0.25, 0.3) is 0 Å². The number of nitrogens with zero attached hydrogens (tertiary/aromatic N) is 3. The normalized spacial score (nSPS) is 20.1. The van der Waals surface area contributed by atoms with E-state index in [2.05, 4.69) is 10.8 Å². The molecular formula is C13H21N3O4. The van der Waals surface area contributed by atoms with E-state index in [0.717, 1.165) is 0 Å². The van der Waals surface area contributed by atoms with Crippen molar-refractivity contribution in [3.05, 3.63) is 0 Å². The molecule has 1 aliphatic heterocycles. The summed E-state index contributed by atoms with van der Waals surface area (Å²) in [5, 5.41) is 9.16. The summed E-state index contributed by atoms with van der Waals surface area (Å²) in [4.78, 5) is 26.4. The lowest BCUT2D eigenvalue weighted by molar-refractivity contribution is -0.142. The summed E-state index contributed by atoms with van der Waals surface area (Å²) in [6, 6.07) is 1.57. The van der Waals surface area contributed by atoms with Crippen molar-refractivity contribution in [2.45, 2.75) is 32.4 Å². The Morgan fingerprint density at radius 2 is 2.00 bits per heavy atom. The van der Waals surface area contributed by atoms with Gasteiger partial charge in [0.1, 0.15) is 11.6 Å². The first kappa shape index (κ1) is 16.2. The van der Waals surface area contributed by atoms with Crippen LogP contribution >= 0.6 is 0 Å². The molecule has 0 radical (unpaired) electrons. The molecule has 0 bridgehead atoms. The zero-order valence-corrected chi connectivity index (χ0v) is 12.4. The number of piperazine rings is 1. The number of methoxy groups -OCH3 is 1. The molecule has 1 amide bonds. The number of nitriles is 1. The second-order valence-corrected chi connectivity index (χ2v) is 5.62. The number of carbonyl (C=O) groups excluding carboxylic acids is 2. The summed E-state index contributed by atoms with van der Waals surface area (Å²) in [7, 11) is 1.31. The van der Waals surface area contributed by atoms with Crippen molar-refractivity contribution in [3.63, 3.8) is 0 Å². The Morgan fingerprint density at radius 1 is 1.35 bits per heavy atom. The molecular weight excluding hydrogens is 262 g/mol. The summed E-state index contributed by atoms with van der Waals surface area (Å²) in [6.07, 6.45) is -0.435. The van der Waals surface area contributed by atoms with Crippen LogP contribution in [0.2, 0.25) is 0 Å². The van der Waals surface area contributed by atoms with Gasteiger partial charge >= 0.3 is 12.1 Å². The van der Waals surface area contributed by atoms with Gasteiger partial charge in [0.15, 0.2) is 0 Å². The Bertz CT molecular complexity index is 411. The van der Waals surface area contributed by atoms with E-state index in [1.54, 1.807) is 25.7 Å². The van der Waals surface area contributed by atoms with Crippen molar-refractivity contribution in [3.8, 4) is 6.07 Å². The van der Waals surface area contributed by atoms with Gasteiger partial charge in [0.05, 0.1) is 26.3 Å². The maximum Gasteiger partial charge on any atom is 0.410 e. The largest absolute Gasteiger partial charge is 0.468 e. The summed E-state index contributed by atoms with van der Waals surface area (Å²) >= 11 is 0. The van der Waals surface area contributed by atoms with Gasteiger partial charge in [-0.1, -0.05) is 0 Å². The average molecular weight is 283 g/mol. The average Bonchev–Trinajstić information content (AvgIpc) is 2.36. The first-order chi connectivity index (χ1) is 9.26. The smallest absolute Gasteiger partial charge is 0.410 e. The van der Waals surface area contributed by atoms with Crippen LogP contribution in [0.1, 0.15) is 20.8 Å². The zero-order chi connectivity index (χ0) is 15.3. The number of rotatable bonds is 2. The van der Waals surface area contributed by atoms with E-state index in [0.29, 0.717) is 13.1 Å². The van der Waals surface area contributed by atoms with Gasteiger partial charge in [-0.3, -0.25) is 9.69 Å². The first-order valence-corrected chi connectivity index (χ1v) is 6.45. The summed E-state index contributed by atoms with van der Waals surface area (Å²) in [5.74, 6) is -0.393. The topological polar surface area (TPSA) is 82.9 Å². The van der Waals surface area contributed by atoms with Gasteiger partial charge in [-0.15, -0.1) is 0 Å². The van der Waals surface area contributed by atoms with Crippen LogP contribution < -0.4 is 0 Å². The summed E-state index contributed by atoms with van der Waals surface area (Å²) in [5.41, 5.74) is -0.567. The van der Waals surface area contributed by atoms with Crippen molar-refractivity contribution in [2.75, 3.05) is 33.3 Å². The highest BCUT2D eigenvalue weighted by molar-refractivity contribution is 5.72. The van der Waals surface area contributed by atoms with Gasteiger partial charge in [0, 0.05) is 13.1 Å². The SMILES string of the molecule is COC(=O)CN1CCN(C(=O)OC(C)(C)C)C[C@@H]1C#N. The summed E-state index contributed by atoms with van der Waals surface area (Å²) < 4.78 is 9.87. The van der Waals surface area contributed by atoms with Crippen LogP contribution in [0, 0.1) is 11.3 Å². The Kier molecular flexibility index (Phi) is 5.34. The maximum absolute atomic E-state index is 11.9. The van der Waals surface area contributed by atoms with Crippen LogP contribution in [0.5, 0.6) is 0 Å². The molecule has 7 nitrogen and oxygen atoms in total. The molecule has 0 saturated carbocycles. The molecule has 1 atom stereocenters. The zero-order valence-electron chi connectivity index (χ0n) is 12.4. The Labute approximate surface area is 119 Å². The molecule has 1 aliphatic rings. The molecule has 0 spiro atoms. The third kappa shape index (κ3) is 4.70. The number of amides is 1. The van der Waals surface area contributed by atoms with Crippen LogP contribution in [0.25, 0.3) is 0 Å². The van der Waals surface area contributed by atoms with E-state index in [1.165, 1.54) is 12.0 Å². The fourth-order valence-electron chi connectivity index (χ4n) is 1.85. The molecule has 0 unspecified atom stereocenters. The number of esters is 1. The number of carbonyl (C=O) groups is 2. The molecule has 0 N–H and O–H groups in total. The third-order valence-electron chi connectivity index (χ3n) is 2.85. The van der Waals surface area contributed by atoms with E-state index in [1.807, 2.05) is 0 Å². The Morgan fingerprint density at radius 3 is 2.50 bits per heavy atom. The van der Waals surface area contributed by atoms with Gasteiger partial charge in [-0.25, -0.2) is 4.79 Å². The number of hydrogen-bond donors (Lipinski definition) is 0. The molecule has 7 heteroatoms. The van der Waals surface area contributed by atoms with Crippen molar-refractivity contribution in [1.82, 2.24) is 9.80 Å². The molecule has 1 fully saturated rings. The molecule has 0 aromatic rings. The Balaban J connectivity index is 2.61. The first-order valence-electron chi connectivity index (χ1n) is 6.45. The van der Waals surface area contributed by atoms with Crippen LogP contribution in [-0.2, 0) is 14.3 Å². The molecule has 1 saturated heterocycles. The van der Waals surface area contributed by atoms with E-state index >= 15 is 0 Å². The molecule has 0 aromatic heterocycles. The molecule has 0 aliphatic carbocycles. The third-order valence-corrected chi connectivity index (χ3v) is 2.85. The van der Waals surface area contributed by atoms with Gasteiger partial charge in [0.2, 0.25) is 0 Å². The van der Waals surface area contributed by atoms with E-state index in [9.17, 15) is 9.59 Å². The molecule has 20 heavy (non-hydrogen) atoms. The number of hydrogen-bond acceptors (Lipinski definition) is 6. The maximum atomic E-state index is 11.9. The predicted molar refractivity (Wildman–Crippen MR) is 70.8 cm³/mol. The fourth-order valence-corrected chi connectivity index (χ4v) is 1.85. The lowest BCUT2D eigenvalue weighted by Gasteiger charge is -2.38. The minimum Gasteiger partial charge on any atom is -0.468 e. The molecule has 1 rings (SSSR count). The van der Waals surface area contributed by atoms with Gasteiger partial charge in [-0.05, 0) is 20.8 Å². The lowest BCUT2D eigenvalue weighted by Crippen LogP contribution is -2.56. The highest BCUT2D eigenvalue weighted by Crippen LogP contribution is 2.14. The second kappa shape index (κ2) is 6.57. The van der Waals surface area contributed by atoms with E-state index in [-0.39, 0.29) is 13.1 Å². The monoisotopic (exact) mass is 283 g/mol. The van der Waals surface area contributed by atoms with Crippen molar-refractivity contribution < 1.29 is 19.1 Å². The van der Waals surface area contributed by atoms with Crippen molar-refractivity contribution in [1.29, 1.82) is 5.26 Å². The lowest BCUT2D eigenvalue weighted by atomic mass is 10.2. The predicted octanol–water partition coefficient (Wildman–Crippen LogP) is 0.604. The van der Waals surface area contributed by atoms with Crippen LogP contribution in [0.4, 0.5) is 4.79 Å². The standard InChI is InChI=1S/C13H21N3O4/c1-13(2,3)20-12(18)16-6-5-15(9-11(17)19-4)10(7-14)8-16/h10H,5-6,8-9H2,1-4H3/t10-/m0/s1. The Hall–Kier alpha value is -1.81.